The van der Waals surface area contributed by atoms with Gasteiger partial charge in [0.15, 0.2) is 0 Å². The van der Waals surface area contributed by atoms with Gasteiger partial charge in [-0.3, -0.25) is 9.80 Å². The van der Waals surface area contributed by atoms with Crippen LogP contribution in [0.3, 0.4) is 0 Å². The number of nitrogens with one attached hydrogen (secondary N) is 2. The fourth-order valence-corrected chi connectivity index (χ4v) is 4.09. The van der Waals surface area contributed by atoms with Gasteiger partial charge in [-0.1, -0.05) is 78.1 Å². The molecule has 1 saturated heterocycles. The van der Waals surface area contributed by atoms with Crippen LogP contribution in [-0.2, 0) is 0 Å². The molecule has 0 aliphatic carbocycles. The zero-order valence-corrected chi connectivity index (χ0v) is 19.5. The van der Waals surface area contributed by atoms with Gasteiger partial charge < -0.3 is 10.6 Å². The van der Waals surface area contributed by atoms with Crippen molar-refractivity contribution >= 4 is 0 Å². The maximum atomic E-state index is 3.65. The number of nitrogens with zero attached hydrogens (tertiary/aromatic N) is 2. The van der Waals surface area contributed by atoms with E-state index in [1.807, 2.05) is 0 Å². The van der Waals surface area contributed by atoms with E-state index in [1.165, 1.54) is 116 Å². The third kappa shape index (κ3) is 15.7. The second kappa shape index (κ2) is 20.1. The number of hydrogen-bond donors (Lipinski definition) is 2. The molecule has 4 heteroatoms. The Bertz CT molecular complexity index is 281. The van der Waals surface area contributed by atoms with Crippen molar-refractivity contribution in [3.05, 3.63) is 0 Å². The molecule has 2 N–H and O–H groups in total. The molecule has 0 amide bonds. The topological polar surface area (TPSA) is 30.5 Å². The molecule has 168 valence electrons. The predicted octanol–water partition coefficient (Wildman–Crippen LogP) is 5.20. The smallest absolute Gasteiger partial charge is 0.0480 e. The summed E-state index contributed by atoms with van der Waals surface area (Å²) in [5.41, 5.74) is 0. The molecule has 0 spiro atoms. The average molecular weight is 397 g/mol. The molecule has 1 heterocycles. The Morgan fingerprint density at radius 2 is 0.929 bits per heavy atom. The standard InChI is InChI=1S/C24H52N4/c1-3-5-7-9-11-13-19-27-21-15-16-22-28(24-26-18-17-25-23-27)20-14-12-10-8-6-4-2/h25-26H,3-24H2,1-2H3. The Balaban J connectivity index is 2.17. The van der Waals surface area contributed by atoms with Gasteiger partial charge in [0.1, 0.15) is 0 Å². The van der Waals surface area contributed by atoms with Crippen LogP contribution in [0, 0.1) is 0 Å². The Morgan fingerprint density at radius 3 is 1.36 bits per heavy atom. The van der Waals surface area contributed by atoms with Crippen molar-refractivity contribution < 1.29 is 0 Å². The van der Waals surface area contributed by atoms with Gasteiger partial charge in [0.2, 0.25) is 0 Å². The lowest BCUT2D eigenvalue weighted by Crippen LogP contribution is -2.42. The highest BCUT2D eigenvalue weighted by atomic mass is 15.2. The predicted molar refractivity (Wildman–Crippen MR) is 125 cm³/mol. The second-order valence-electron chi connectivity index (χ2n) is 8.79. The number of hydrogen-bond acceptors (Lipinski definition) is 4. The van der Waals surface area contributed by atoms with Gasteiger partial charge in [0.05, 0.1) is 0 Å². The molecule has 4 nitrogen and oxygen atoms in total. The van der Waals surface area contributed by atoms with Crippen molar-refractivity contribution in [1.29, 1.82) is 0 Å². The van der Waals surface area contributed by atoms with Crippen LogP contribution in [0.25, 0.3) is 0 Å². The van der Waals surface area contributed by atoms with Gasteiger partial charge in [-0.05, 0) is 51.9 Å². The Hall–Kier alpha value is -0.160. The van der Waals surface area contributed by atoms with E-state index in [4.69, 9.17) is 0 Å². The normalized spacial score (nSPS) is 18.6. The molecule has 0 radical (unpaired) electrons. The lowest BCUT2D eigenvalue weighted by atomic mass is 10.1. The van der Waals surface area contributed by atoms with E-state index in [9.17, 15) is 0 Å². The van der Waals surface area contributed by atoms with Crippen LogP contribution in [0.15, 0.2) is 0 Å². The van der Waals surface area contributed by atoms with E-state index in [0.29, 0.717) is 0 Å². The van der Waals surface area contributed by atoms with E-state index in [1.54, 1.807) is 0 Å². The van der Waals surface area contributed by atoms with Crippen LogP contribution in [0.2, 0.25) is 0 Å². The maximum absolute atomic E-state index is 3.65. The first-order valence-electron chi connectivity index (χ1n) is 12.7. The summed E-state index contributed by atoms with van der Waals surface area (Å²) in [4.78, 5) is 5.30. The van der Waals surface area contributed by atoms with Crippen LogP contribution >= 0.6 is 0 Å². The van der Waals surface area contributed by atoms with Gasteiger partial charge >= 0.3 is 0 Å². The molecule has 0 bridgehead atoms. The summed E-state index contributed by atoms with van der Waals surface area (Å²) in [5.74, 6) is 0. The Labute approximate surface area is 177 Å². The fourth-order valence-electron chi connectivity index (χ4n) is 4.09. The summed E-state index contributed by atoms with van der Waals surface area (Å²) >= 11 is 0. The fraction of sp³-hybridized carbons (Fsp3) is 1.00. The molecule has 0 aromatic carbocycles. The lowest BCUT2D eigenvalue weighted by Gasteiger charge is -2.27. The van der Waals surface area contributed by atoms with Crippen molar-refractivity contribution in [1.82, 2.24) is 20.4 Å². The molecule has 1 rings (SSSR count). The number of rotatable bonds is 14. The molecule has 0 unspecified atom stereocenters. The largest absolute Gasteiger partial charge is 0.303 e. The maximum Gasteiger partial charge on any atom is 0.0480 e. The van der Waals surface area contributed by atoms with Crippen LogP contribution < -0.4 is 10.6 Å². The van der Waals surface area contributed by atoms with Crippen molar-refractivity contribution in [3.63, 3.8) is 0 Å². The highest BCUT2D eigenvalue weighted by Crippen LogP contribution is 2.08. The van der Waals surface area contributed by atoms with Crippen LogP contribution in [0.4, 0.5) is 0 Å². The van der Waals surface area contributed by atoms with Crippen LogP contribution in [-0.4, -0.2) is 62.4 Å². The van der Waals surface area contributed by atoms with Gasteiger partial charge in [0, 0.05) is 26.4 Å². The van der Waals surface area contributed by atoms with E-state index < -0.39 is 0 Å². The Kier molecular flexibility index (Phi) is 18.6. The summed E-state index contributed by atoms with van der Waals surface area (Å²) in [7, 11) is 0. The Morgan fingerprint density at radius 1 is 0.536 bits per heavy atom. The zero-order valence-electron chi connectivity index (χ0n) is 19.5. The molecular weight excluding hydrogens is 344 g/mol. The van der Waals surface area contributed by atoms with Gasteiger partial charge in [-0.25, -0.2) is 0 Å². The first-order chi connectivity index (χ1) is 13.9. The zero-order chi connectivity index (χ0) is 20.1. The van der Waals surface area contributed by atoms with E-state index >= 15 is 0 Å². The molecule has 0 aromatic heterocycles. The summed E-state index contributed by atoms with van der Waals surface area (Å²) in [6, 6.07) is 0. The molecule has 0 aromatic rings. The van der Waals surface area contributed by atoms with E-state index in [-0.39, 0.29) is 0 Å². The van der Waals surface area contributed by atoms with Crippen molar-refractivity contribution in [2.75, 3.05) is 52.6 Å². The SMILES string of the molecule is CCCCCCCCN1CCCCN(CCCCCCCC)CNCCNC1. The van der Waals surface area contributed by atoms with Gasteiger partial charge in [0.25, 0.3) is 0 Å². The lowest BCUT2D eigenvalue weighted by molar-refractivity contribution is 0.208. The van der Waals surface area contributed by atoms with E-state index in [0.717, 1.165) is 26.4 Å². The molecular formula is C24H52N4. The minimum Gasteiger partial charge on any atom is -0.303 e. The molecule has 0 atom stereocenters. The second-order valence-corrected chi connectivity index (χ2v) is 8.79. The molecule has 1 aliphatic heterocycles. The first kappa shape index (κ1) is 25.9. The summed E-state index contributed by atoms with van der Waals surface area (Å²) < 4.78 is 0. The third-order valence-corrected chi connectivity index (χ3v) is 6.00. The highest BCUT2D eigenvalue weighted by molar-refractivity contribution is 4.64. The minimum absolute atomic E-state index is 1.07. The quantitative estimate of drug-likeness (QED) is 0.395. The third-order valence-electron chi connectivity index (χ3n) is 6.00. The summed E-state index contributed by atoms with van der Waals surface area (Å²) in [6.45, 7) is 14.0. The monoisotopic (exact) mass is 396 g/mol. The molecule has 1 aliphatic rings. The molecule has 0 saturated carbocycles. The summed E-state index contributed by atoms with van der Waals surface area (Å²) in [5, 5.41) is 7.29. The van der Waals surface area contributed by atoms with Crippen molar-refractivity contribution in [2.45, 2.75) is 104 Å². The van der Waals surface area contributed by atoms with Gasteiger partial charge in [-0.15, -0.1) is 0 Å². The average Bonchev–Trinajstić information content (AvgIpc) is 2.70. The van der Waals surface area contributed by atoms with Crippen LogP contribution in [0.1, 0.15) is 104 Å². The van der Waals surface area contributed by atoms with Crippen LogP contribution in [0.5, 0.6) is 0 Å². The minimum atomic E-state index is 1.07. The van der Waals surface area contributed by atoms with E-state index in [2.05, 4.69) is 34.3 Å². The van der Waals surface area contributed by atoms with Crippen molar-refractivity contribution in [2.24, 2.45) is 0 Å². The summed E-state index contributed by atoms with van der Waals surface area (Å²) in [6.07, 6.45) is 19.4. The number of unbranched alkanes of at least 4 members (excludes halogenated alkanes) is 10. The van der Waals surface area contributed by atoms with Crippen molar-refractivity contribution in [3.8, 4) is 0 Å². The van der Waals surface area contributed by atoms with Gasteiger partial charge in [-0.2, -0.15) is 0 Å². The molecule has 1 fully saturated rings. The first-order valence-corrected chi connectivity index (χ1v) is 12.7. The molecule has 28 heavy (non-hydrogen) atoms. The highest BCUT2D eigenvalue weighted by Gasteiger charge is 2.08.